The Hall–Kier alpha value is -1.75. The maximum absolute atomic E-state index is 13.0. The molecule has 84 valence electrons. The van der Waals surface area contributed by atoms with Gasteiger partial charge in [0.05, 0.1) is 17.6 Å². The number of halogens is 1. The molecule has 0 fully saturated rings. The molecule has 1 heterocycles. The number of hydrogen-bond acceptors (Lipinski definition) is 3. The van der Waals surface area contributed by atoms with Gasteiger partial charge in [-0.3, -0.25) is 0 Å². The molecule has 2 N–H and O–H groups in total. The summed E-state index contributed by atoms with van der Waals surface area (Å²) in [6.45, 7) is 1.90. The fourth-order valence-electron chi connectivity index (χ4n) is 1.47. The summed E-state index contributed by atoms with van der Waals surface area (Å²) in [5.41, 5.74) is 7.12. The number of nitrogens with zero attached hydrogens (tertiary/aromatic N) is 3. The lowest BCUT2D eigenvalue weighted by molar-refractivity contribution is 0.625. The molecule has 5 heteroatoms. The fourth-order valence-corrected chi connectivity index (χ4v) is 1.47. The average molecular weight is 220 g/mol. The van der Waals surface area contributed by atoms with Crippen molar-refractivity contribution in [3.8, 4) is 5.69 Å². The molecule has 0 spiro atoms. The van der Waals surface area contributed by atoms with Crippen molar-refractivity contribution < 1.29 is 4.39 Å². The monoisotopic (exact) mass is 220 g/mol. The van der Waals surface area contributed by atoms with E-state index in [-0.39, 0.29) is 11.9 Å². The Kier molecular flexibility index (Phi) is 2.96. The Balaban J connectivity index is 2.24. The predicted octanol–water partition coefficient (Wildman–Crippen LogP) is 1.30. The fraction of sp³-hybridized carbons (Fsp3) is 0.273. The van der Waals surface area contributed by atoms with Gasteiger partial charge in [-0.05, 0) is 25.1 Å². The summed E-state index contributed by atoms with van der Waals surface area (Å²) in [6.07, 6.45) is 2.42. The molecule has 1 aromatic heterocycles. The topological polar surface area (TPSA) is 56.7 Å². The maximum Gasteiger partial charge on any atom is 0.125 e. The van der Waals surface area contributed by atoms with E-state index in [2.05, 4.69) is 10.3 Å². The van der Waals surface area contributed by atoms with Gasteiger partial charge in [-0.15, -0.1) is 5.10 Å². The van der Waals surface area contributed by atoms with Crippen LogP contribution in [-0.2, 0) is 6.42 Å². The number of hydrogen-bond donors (Lipinski definition) is 1. The van der Waals surface area contributed by atoms with E-state index in [0.29, 0.717) is 12.1 Å². The quantitative estimate of drug-likeness (QED) is 0.848. The molecule has 16 heavy (non-hydrogen) atoms. The van der Waals surface area contributed by atoms with Crippen LogP contribution in [0.15, 0.2) is 30.5 Å². The van der Waals surface area contributed by atoms with E-state index in [9.17, 15) is 4.39 Å². The summed E-state index contributed by atoms with van der Waals surface area (Å²) in [5, 5.41) is 7.90. The summed E-state index contributed by atoms with van der Waals surface area (Å²) in [5.74, 6) is -0.290. The zero-order valence-electron chi connectivity index (χ0n) is 8.97. The number of nitrogens with two attached hydrogens (primary N) is 1. The van der Waals surface area contributed by atoms with Crippen LogP contribution in [0.3, 0.4) is 0 Å². The molecule has 0 aliphatic carbocycles. The largest absolute Gasteiger partial charge is 0.328 e. The molecule has 0 aliphatic heterocycles. The summed E-state index contributed by atoms with van der Waals surface area (Å²) in [7, 11) is 0. The highest BCUT2D eigenvalue weighted by molar-refractivity contribution is 5.30. The first-order valence-electron chi connectivity index (χ1n) is 5.08. The number of aromatic nitrogens is 3. The Morgan fingerprint density at radius 1 is 1.50 bits per heavy atom. The lowest BCUT2D eigenvalue weighted by atomic mass is 10.2. The highest BCUT2D eigenvalue weighted by Crippen LogP contribution is 2.09. The van der Waals surface area contributed by atoms with Gasteiger partial charge in [0.25, 0.3) is 0 Å². The van der Waals surface area contributed by atoms with Crippen LogP contribution in [0, 0.1) is 5.82 Å². The highest BCUT2D eigenvalue weighted by atomic mass is 19.1. The van der Waals surface area contributed by atoms with E-state index in [1.54, 1.807) is 23.0 Å². The van der Waals surface area contributed by atoms with Gasteiger partial charge in [0.15, 0.2) is 0 Å². The van der Waals surface area contributed by atoms with Gasteiger partial charge in [0.1, 0.15) is 5.82 Å². The molecule has 2 aromatic rings. The average Bonchev–Trinajstić information content (AvgIpc) is 2.65. The van der Waals surface area contributed by atoms with Crippen LogP contribution in [-0.4, -0.2) is 21.0 Å². The molecule has 4 nitrogen and oxygen atoms in total. The minimum absolute atomic E-state index is 0.0395. The molecule has 0 amide bonds. The molecule has 2 rings (SSSR count). The SMILES string of the molecule is CC(N)Cc1cn(-c2cccc(F)c2)nn1. The smallest absolute Gasteiger partial charge is 0.125 e. The molecule has 1 atom stereocenters. The second-order valence-corrected chi connectivity index (χ2v) is 3.82. The van der Waals surface area contributed by atoms with Crippen LogP contribution in [0.5, 0.6) is 0 Å². The molecule has 0 saturated carbocycles. The molecule has 0 bridgehead atoms. The van der Waals surface area contributed by atoms with Crippen LogP contribution in [0.25, 0.3) is 5.69 Å². The molecule has 0 aliphatic rings. The van der Waals surface area contributed by atoms with Crippen molar-refractivity contribution in [3.05, 3.63) is 42.0 Å². The molecule has 1 unspecified atom stereocenters. The van der Waals surface area contributed by atoms with Crippen molar-refractivity contribution >= 4 is 0 Å². The van der Waals surface area contributed by atoms with Crippen molar-refractivity contribution in [2.24, 2.45) is 5.73 Å². The highest BCUT2D eigenvalue weighted by Gasteiger charge is 2.05. The van der Waals surface area contributed by atoms with Gasteiger partial charge >= 0.3 is 0 Å². The first kappa shape index (κ1) is 10.8. The second-order valence-electron chi connectivity index (χ2n) is 3.82. The minimum Gasteiger partial charge on any atom is -0.328 e. The first-order chi connectivity index (χ1) is 7.65. The van der Waals surface area contributed by atoms with E-state index < -0.39 is 0 Å². The van der Waals surface area contributed by atoms with Crippen LogP contribution in [0.1, 0.15) is 12.6 Å². The third-order valence-electron chi connectivity index (χ3n) is 2.14. The van der Waals surface area contributed by atoms with Gasteiger partial charge in [-0.1, -0.05) is 11.3 Å². The van der Waals surface area contributed by atoms with E-state index >= 15 is 0 Å². The lowest BCUT2D eigenvalue weighted by Crippen LogP contribution is -2.17. The van der Waals surface area contributed by atoms with Crippen LogP contribution in [0.4, 0.5) is 4.39 Å². The normalized spacial score (nSPS) is 12.7. The second kappa shape index (κ2) is 4.40. The summed E-state index contributed by atoms with van der Waals surface area (Å²) in [6, 6.07) is 6.25. The minimum atomic E-state index is -0.290. The number of rotatable bonds is 3. The van der Waals surface area contributed by atoms with Gasteiger partial charge < -0.3 is 5.73 Å². The Morgan fingerprint density at radius 3 is 3.00 bits per heavy atom. The predicted molar refractivity (Wildman–Crippen MR) is 58.7 cm³/mol. The zero-order chi connectivity index (χ0) is 11.5. The van der Waals surface area contributed by atoms with Gasteiger partial charge in [-0.25, -0.2) is 9.07 Å². The number of benzene rings is 1. The van der Waals surface area contributed by atoms with E-state index in [1.807, 2.05) is 6.92 Å². The standard InChI is InChI=1S/C11H13FN4/c1-8(13)5-10-7-16(15-14-10)11-4-2-3-9(12)6-11/h2-4,6-8H,5,13H2,1H3. The van der Waals surface area contributed by atoms with E-state index in [4.69, 9.17) is 5.73 Å². The van der Waals surface area contributed by atoms with Crippen LogP contribution in [0.2, 0.25) is 0 Å². The van der Waals surface area contributed by atoms with E-state index in [1.165, 1.54) is 12.1 Å². The van der Waals surface area contributed by atoms with Gasteiger partial charge in [0, 0.05) is 12.5 Å². The summed E-state index contributed by atoms with van der Waals surface area (Å²) >= 11 is 0. The lowest BCUT2D eigenvalue weighted by Gasteiger charge is -2.00. The van der Waals surface area contributed by atoms with Crippen molar-refractivity contribution in [1.82, 2.24) is 15.0 Å². The molecule has 0 radical (unpaired) electrons. The van der Waals surface area contributed by atoms with Crippen LogP contribution < -0.4 is 5.73 Å². The Morgan fingerprint density at radius 2 is 2.31 bits per heavy atom. The van der Waals surface area contributed by atoms with Crippen molar-refractivity contribution in [2.45, 2.75) is 19.4 Å². The van der Waals surface area contributed by atoms with Gasteiger partial charge in [0.2, 0.25) is 0 Å². The third-order valence-corrected chi connectivity index (χ3v) is 2.14. The molecule has 0 saturated heterocycles. The van der Waals surface area contributed by atoms with Crippen molar-refractivity contribution in [2.75, 3.05) is 0 Å². The molecule has 1 aromatic carbocycles. The zero-order valence-corrected chi connectivity index (χ0v) is 8.97. The Bertz CT molecular complexity index is 478. The van der Waals surface area contributed by atoms with Gasteiger partial charge in [-0.2, -0.15) is 0 Å². The van der Waals surface area contributed by atoms with Crippen molar-refractivity contribution in [3.63, 3.8) is 0 Å². The van der Waals surface area contributed by atoms with Crippen LogP contribution >= 0.6 is 0 Å². The van der Waals surface area contributed by atoms with Crippen molar-refractivity contribution in [1.29, 1.82) is 0 Å². The maximum atomic E-state index is 13.0. The molecular weight excluding hydrogens is 207 g/mol. The molecular formula is C11H13FN4. The third kappa shape index (κ3) is 2.43. The first-order valence-corrected chi connectivity index (χ1v) is 5.08. The summed E-state index contributed by atoms with van der Waals surface area (Å²) in [4.78, 5) is 0. The Labute approximate surface area is 92.9 Å². The summed E-state index contributed by atoms with van der Waals surface area (Å²) < 4.78 is 14.5. The van der Waals surface area contributed by atoms with E-state index in [0.717, 1.165) is 5.69 Å².